The van der Waals surface area contributed by atoms with E-state index in [1.165, 1.54) is 16.8 Å². The van der Waals surface area contributed by atoms with E-state index in [1.54, 1.807) is 0 Å². The molecule has 2 heterocycles. The summed E-state index contributed by atoms with van der Waals surface area (Å²) in [6, 6.07) is 12.8. The molecule has 2 N–H and O–H groups in total. The summed E-state index contributed by atoms with van der Waals surface area (Å²) in [7, 11) is 0. The molecule has 3 nitrogen and oxygen atoms in total. The summed E-state index contributed by atoms with van der Waals surface area (Å²) in [5.74, 6) is 0. The Hall–Kier alpha value is -1.87. The van der Waals surface area contributed by atoms with Gasteiger partial charge in [-0.05, 0) is 35.7 Å². The van der Waals surface area contributed by atoms with Gasteiger partial charge in [0, 0.05) is 37.2 Å². The minimum absolute atomic E-state index is 0.176. The second kappa shape index (κ2) is 4.78. The molecule has 0 fully saturated rings. The van der Waals surface area contributed by atoms with Crippen LogP contribution in [0.15, 0.2) is 48.8 Å². The van der Waals surface area contributed by atoms with Crippen LogP contribution >= 0.6 is 0 Å². The maximum atomic E-state index is 6.17. The van der Waals surface area contributed by atoms with Crippen molar-refractivity contribution in [2.45, 2.75) is 19.0 Å². The lowest BCUT2D eigenvalue weighted by molar-refractivity contribution is 0.590. The molecule has 1 aromatic carbocycles. The molecule has 3 rings (SSSR count). The van der Waals surface area contributed by atoms with Crippen molar-refractivity contribution in [2.75, 3.05) is 11.4 Å². The number of rotatable bonds is 2. The number of aromatic nitrogens is 1. The van der Waals surface area contributed by atoms with Crippen molar-refractivity contribution in [2.24, 2.45) is 5.73 Å². The van der Waals surface area contributed by atoms with E-state index in [2.05, 4.69) is 46.3 Å². The SMILES string of the molecule is NC1CCN(Cc2ccncc2)c2ccccc21. The van der Waals surface area contributed by atoms with Crippen LogP contribution in [0.2, 0.25) is 0 Å². The zero-order chi connectivity index (χ0) is 12.4. The van der Waals surface area contributed by atoms with E-state index >= 15 is 0 Å². The topological polar surface area (TPSA) is 42.1 Å². The van der Waals surface area contributed by atoms with Gasteiger partial charge >= 0.3 is 0 Å². The summed E-state index contributed by atoms with van der Waals surface area (Å²) in [5.41, 5.74) is 9.99. The zero-order valence-corrected chi connectivity index (χ0v) is 10.3. The summed E-state index contributed by atoms with van der Waals surface area (Å²) in [6.07, 6.45) is 4.70. The van der Waals surface area contributed by atoms with Gasteiger partial charge in [-0.15, -0.1) is 0 Å². The number of pyridine rings is 1. The Balaban J connectivity index is 1.89. The summed E-state index contributed by atoms with van der Waals surface area (Å²) in [6.45, 7) is 1.94. The third kappa shape index (κ3) is 2.09. The van der Waals surface area contributed by atoms with Gasteiger partial charge in [-0.1, -0.05) is 18.2 Å². The first-order valence-electron chi connectivity index (χ1n) is 6.33. The molecule has 0 saturated carbocycles. The second-order valence-electron chi connectivity index (χ2n) is 4.73. The molecule has 1 aromatic heterocycles. The van der Waals surface area contributed by atoms with Gasteiger partial charge in [-0.25, -0.2) is 0 Å². The molecular weight excluding hydrogens is 222 g/mol. The Morgan fingerprint density at radius 1 is 1.17 bits per heavy atom. The van der Waals surface area contributed by atoms with Crippen LogP contribution in [0.1, 0.15) is 23.6 Å². The maximum Gasteiger partial charge on any atom is 0.0430 e. The van der Waals surface area contributed by atoms with E-state index in [0.29, 0.717) is 0 Å². The van der Waals surface area contributed by atoms with Crippen molar-refractivity contribution >= 4 is 5.69 Å². The third-order valence-corrected chi connectivity index (χ3v) is 3.51. The molecule has 0 amide bonds. The average molecular weight is 239 g/mol. The lowest BCUT2D eigenvalue weighted by atomic mass is 9.97. The van der Waals surface area contributed by atoms with Crippen LogP contribution in [0.5, 0.6) is 0 Å². The van der Waals surface area contributed by atoms with Crippen LogP contribution in [0.25, 0.3) is 0 Å². The molecule has 0 spiro atoms. The lowest BCUT2D eigenvalue weighted by Gasteiger charge is -2.34. The minimum Gasteiger partial charge on any atom is -0.367 e. The molecule has 3 heteroatoms. The Morgan fingerprint density at radius 2 is 1.94 bits per heavy atom. The summed E-state index contributed by atoms with van der Waals surface area (Å²) in [4.78, 5) is 6.45. The number of anilines is 1. The van der Waals surface area contributed by atoms with Crippen molar-refractivity contribution in [1.29, 1.82) is 0 Å². The Kier molecular flexibility index (Phi) is 2.99. The Morgan fingerprint density at radius 3 is 2.78 bits per heavy atom. The smallest absolute Gasteiger partial charge is 0.0430 e. The summed E-state index contributed by atoms with van der Waals surface area (Å²) in [5, 5.41) is 0. The Labute approximate surface area is 107 Å². The quantitative estimate of drug-likeness (QED) is 0.875. The van der Waals surface area contributed by atoms with Crippen LogP contribution in [0.4, 0.5) is 5.69 Å². The predicted molar refractivity (Wildman–Crippen MR) is 73.3 cm³/mol. The largest absolute Gasteiger partial charge is 0.367 e. The van der Waals surface area contributed by atoms with Crippen molar-refractivity contribution in [3.8, 4) is 0 Å². The molecule has 0 bridgehead atoms. The first-order valence-corrected chi connectivity index (χ1v) is 6.33. The molecule has 92 valence electrons. The van der Waals surface area contributed by atoms with Gasteiger partial charge in [0.15, 0.2) is 0 Å². The predicted octanol–water partition coefficient (Wildman–Crippen LogP) is 2.49. The van der Waals surface area contributed by atoms with E-state index in [4.69, 9.17) is 5.73 Å². The standard InChI is InChI=1S/C15H17N3/c16-14-7-10-18(11-12-5-8-17-9-6-12)15-4-2-1-3-13(14)15/h1-6,8-9,14H,7,10-11,16H2. The van der Waals surface area contributed by atoms with Gasteiger partial charge in [0.25, 0.3) is 0 Å². The number of hydrogen-bond donors (Lipinski definition) is 1. The molecular formula is C15H17N3. The van der Waals surface area contributed by atoms with Gasteiger partial charge in [-0.2, -0.15) is 0 Å². The van der Waals surface area contributed by atoms with Crippen molar-refractivity contribution in [3.63, 3.8) is 0 Å². The fraction of sp³-hybridized carbons (Fsp3) is 0.267. The highest BCUT2D eigenvalue weighted by molar-refractivity contribution is 5.57. The molecule has 1 aliphatic rings. The molecule has 2 aromatic rings. The number of nitrogens with zero attached hydrogens (tertiary/aromatic N) is 2. The van der Waals surface area contributed by atoms with Crippen LogP contribution in [-0.2, 0) is 6.54 Å². The van der Waals surface area contributed by atoms with Crippen LogP contribution < -0.4 is 10.6 Å². The maximum absolute atomic E-state index is 6.17. The van der Waals surface area contributed by atoms with Gasteiger partial charge in [0.2, 0.25) is 0 Å². The van der Waals surface area contributed by atoms with E-state index in [1.807, 2.05) is 12.4 Å². The summed E-state index contributed by atoms with van der Waals surface area (Å²) < 4.78 is 0. The first kappa shape index (κ1) is 11.2. The second-order valence-corrected chi connectivity index (χ2v) is 4.73. The highest BCUT2D eigenvalue weighted by atomic mass is 15.1. The normalized spacial score (nSPS) is 18.5. The molecule has 0 radical (unpaired) electrons. The van der Waals surface area contributed by atoms with Crippen LogP contribution in [0.3, 0.4) is 0 Å². The number of fused-ring (bicyclic) bond motifs is 1. The van der Waals surface area contributed by atoms with E-state index in [-0.39, 0.29) is 6.04 Å². The molecule has 0 saturated heterocycles. The fourth-order valence-corrected chi connectivity index (χ4v) is 2.53. The van der Waals surface area contributed by atoms with Gasteiger partial charge < -0.3 is 10.6 Å². The van der Waals surface area contributed by atoms with E-state index in [0.717, 1.165) is 19.5 Å². The Bertz CT molecular complexity index is 524. The first-order chi connectivity index (χ1) is 8.84. The third-order valence-electron chi connectivity index (χ3n) is 3.51. The van der Waals surface area contributed by atoms with Gasteiger partial charge in [0.1, 0.15) is 0 Å². The van der Waals surface area contributed by atoms with Crippen molar-refractivity contribution < 1.29 is 0 Å². The number of nitrogens with two attached hydrogens (primary N) is 1. The van der Waals surface area contributed by atoms with E-state index in [9.17, 15) is 0 Å². The van der Waals surface area contributed by atoms with Gasteiger partial charge in [0.05, 0.1) is 0 Å². The molecule has 1 unspecified atom stereocenters. The van der Waals surface area contributed by atoms with Crippen LogP contribution in [-0.4, -0.2) is 11.5 Å². The van der Waals surface area contributed by atoms with Crippen molar-refractivity contribution in [3.05, 3.63) is 59.9 Å². The highest BCUT2D eigenvalue weighted by Gasteiger charge is 2.21. The molecule has 0 aliphatic carbocycles. The monoisotopic (exact) mass is 239 g/mol. The minimum atomic E-state index is 0.176. The lowest BCUT2D eigenvalue weighted by Crippen LogP contribution is -2.33. The van der Waals surface area contributed by atoms with Crippen LogP contribution in [0, 0.1) is 0 Å². The summed E-state index contributed by atoms with van der Waals surface area (Å²) >= 11 is 0. The van der Waals surface area contributed by atoms with Gasteiger partial charge in [-0.3, -0.25) is 4.98 Å². The van der Waals surface area contributed by atoms with Crippen molar-refractivity contribution in [1.82, 2.24) is 4.98 Å². The molecule has 1 aliphatic heterocycles. The average Bonchev–Trinajstić information content (AvgIpc) is 2.44. The number of hydrogen-bond acceptors (Lipinski definition) is 3. The van der Waals surface area contributed by atoms with E-state index < -0.39 is 0 Å². The number of para-hydroxylation sites is 1. The molecule has 1 atom stereocenters. The highest BCUT2D eigenvalue weighted by Crippen LogP contribution is 2.32. The number of benzene rings is 1. The molecule has 18 heavy (non-hydrogen) atoms. The fourth-order valence-electron chi connectivity index (χ4n) is 2.53. The zero-order valence-electron chi connectivity index (χ0n) is 10.3.